The van der Waals surface area contributed by atoms with Crippen molar-refractivity contribution in [3.05, 3.63) is 35.3 Å². The van der Waals surface area contributed by atoms with Gasteiger partial charge in [-0.05, 0) is 26.0 Å². The minimum atomic E-state index is -4.09. The number of hydrogen-bond acceptors (Lipinski definition) is 5. The maximum Gasteiger partial charge on any atom is 0.267 e. The van der Waals surface area contributed by atoms with Gasteiger partial charge in [0.05, 0.1) is 12.8 Å². The van der Waals surface area contributed by atoms with E-state index in [0.29, 0.717) is 11.3 Å². The van der Waals surface area contributed by atoms with Gasteiger partial charge < -0.3 is 9.26 Å². The van der Waals surface area contributed by atoms with Crippen LogP contribution >= 0.6 is 0 Å². The normalized spacial score (nSPS) is 11.4. The molecule has 0 atom stereocenters. The zero-order chi connectivity index (χ0) is 14.9. The van der Waals surface area contributed by atoms with Crippen molar-refractivity contribution >= 4 is 15.9 Å². The number of methoxy groups -OCH3 is 1. The second kappa shape index (κ2) is 5.12. The van der Waals surface area contributed by atoms with Crippen molar-refractivity contribution in [1.82, 2.24) is 5.16 Å². The lowest BCUT2D eigenvalue weighted by Gasteiger charge is -2.08. The molecule has 0 aliphatic carbocycles. The Balaban J connectivity index is 2.38. The molecule has 0 saturated heterocycles. The highest BCUT2D eigenvalue weighted by atomic mass is 32.2. The Hall–Kier alpha value is -2.09. The molecule has 0 spiro atoms. The first-order valence-electron chi connectivity index (χ1n) is 5.64. The highest BCUT2D eigenvalue weighted by Gasteiger charge is 2.22. The maximum atomic E-state index is 13.8. The van der Waals surface area contributed by atoms with Crippen LogP contribution in [0.1, 0.15) is 11.3 Å². The van der Waals surface area contributed by atoms with Crippen molar-refractivity contribution in [2.45, 2.75) is 18.7 Å². The van der Waals surface area contributed by atoms with E-state index < -0.39 is 20.7 Å². The van der Waals surface area contributed by atoms with Crippen LogP contribution in [-0.2, 0) is 10.0 Å². The van der Waals surface area contributed by atoms with Gasteiger partial charge in [0.2, 0.25) is 5.88 Å². The summed E-state index contributed by atoms with van der Waals surface area (Å²) in [4.78, 5) is -0.494. The van der Waals surface area contributed by atoms with E-state index >= 15 is 0 Å². The van der Waals surface area contributed by atoms with Crippen LogP contribution in [0, 0.1) is 19.7 Å². The van der Waals surface area contributed by atoms with Gasteiger partial charge in [0.1, 0.15) is 16.5 Å². The smallest absolute Gasteiger partial charge is 0.267 e. The van der Waals surface area contributed by atoms with Crippen molar-refractivity contribution < 1.29 is 22.1 Å². The highest BCUT2D eigenvalue weighted by molar-refractivity contribution is 7.92. The Morgan fingerprint density at radius 1 is 1.35 bits per heavy atom. The molecule has 0 radical (unpaired) electrons. The molecular formula is C12H13FN2O4S. The Bertz CT molecular complexity index is 740. The summed E-state index contributed by atoms with van der Waals surface area (Å²) < 4.78 is 49.8. The number of aromatic nitrogens is 1. The number of halogens is 1. The van der Waals surface area contributed by atoms with E-state index in [2.05, 4.69) is 9.88 Å². The Morgan fingerprint density at radius 2 is 2.05 bits per heavy atom. The van der Waals surface area contributed by atoms with Gasteiger partial charge in [-0.2, -0.15) is 0 Å². The molecule has 2 aromatic rings. The molecule has 1 aromatic carbocycles. The highest BCUT2D eigenvalue weighted by Crippen LogP contribution is 2.25. The molecule has 8 heteroatoms. The lowest BCUT2D eigenvalue weighted by molar-refractivity contribution is 0.409. The Morgan fingerprint density at radius 3 is 2.55 bits per heavy atom. The van der Waals surface area contributed by atoms with E-state index in [0.717, 1.165) is 12.1 Å². The van der Waals surface area contributed by atoms with E-state index in [-0.39, 0.29) is 11.6 Å². The molecular weight excluding hydrogens is 287 g/mol. The first kappa shape index (κ1) is 14.3. The number of nitrogens with one attached hydrogen (secondary N) is 1. The quantitative estimate of drug-likeness (QED) is 0.936. The molecule has 6 nitrogen and oxygen atoms in total. The molecule has 0 bridgehead atoms. The largest absolute Gasteiger partial charge is 0.497 e. The predicted octanol–water partition coefficient (Wildman–Crippen LogP) is 2.24. The minimum absolute atomic E-state index is 0.0299. The van der Waals surface area contributed by atoms with Crippen LogP contribution in [0.5, 0.6) is 5.75 Å². The summed E-state index contributed by atoms with van der Waals surface area (Å²) in [6.07, 6.45) is 0. The third kappa shape index (κ3) is 2.60. The van der Waals surface area contributed by atoms with Gasteiger partial charge in [-0.15, -0.1) is 0 Å². The van der Waals surface area contributed by atoms with Crippen molar-refractivity contribution in [3.8, 4) is 5.75 Å². The number of anilines is 1. The Labute approximate surface area is 115 Å². The Kier molecular flexibility index (Phi) is 3.67. The molecule has 0 unspecified atom stereocenters. The van der Waals surface area contributed by atoms with Crippen molar-refractivity contribution in [2.24, 2.45) is 0 Å². The van der Waals surface area contributed by atoms with Gasteiger partial charge in [0, 0.05) is 11.6 Å². The number of aryl methyl sites for hydroxylation is 1. The van der Waals surface area contributed by atoms with Crippen LogP contribution in [0.15, 0.2) is 27.6 Å². The fourth-order valence-electron chi connectivity index (χ4n) is 1.51. The van der Waals surface area contributed by atoms with E-state index in [1.165, 1.54) is 13.2 Å². The van der Waals surface area contributed by atoms with Gasteiger partial charge in [-0.3, -0.25) is 0 Å². The molecule has 1 aromatic heterocycles. The molecule has 0 saturated carbocycles. The summed E-state index contributed by atoms with van der Waals surface area (Å²) in [6, 6.07) is 3.47. The number of sulfonamides is 1. The molecule has 108 valence electrons. The van der Waals surface area contributed by atoms with Crippen LogP contribution < -0.4 is 9.46 Å². The first-order chi connectivity index (χ1) is 9.35. The average Bonchev–Trinajstić information content (AvgIpc) is 2.69. The van der Waals surface area contributed by atoms with Gasteiger partial charge in [0.25, 0.3) is 10.0 Å². The number of nitrogens with zero attached hydrogens (tertiary/aromatic N) is 1. The van der Waals surface area contributed by atoms with Crippen LogP contribution in [-0.4, -0.2) is 20.7 Å². The molecule has 2 rings (SSSR count). The predicted molar refractivity (Wildman–Crippen MR) is 69.7 cm³/mol. The minimum Gasteiger partial charge on any atom is -0.497 e. The summed E-state index contributed by atoms with van der Waals surface area (Å²) >= 11 is 0. The van der Waals surface area contributed by atoms with E-state index in [1.54, 1.807) is 13.8 Å². The van der Waals surface area contributed by atoms with Crippen LogP contribution in [0.2, 0.25) is 0 Å². The molecule has 0 fully saturated rings. The van der Waals surface area contributed by atoms with E-state index in [4.69, 9.17) is 9.26 Å². The van der Waals surface area contributed by atoms with Gasteiger partial charge in [-0.25, -0.2) is 17.5 Å². The molecule has 20 heavy (non-hydrogen) atoms. The third-order valence-corrected chi connectivity index (χ3v) is 4.18. The van der Waals surface area contributed by atoms with E-state index in [1.807, 2.05) is 0 Å². The molecule has 1 heterocycles. The summed E-state index contributed by atoms with van der Waals surface area (Å²) in [5.41, 5.74) is 1.10. The first-order valence-corrected chi connectivity index (χ1v) is 7.12. The summed E-state index contributed by atoms with van der Waals surface area (Å²) in [6.45, 7) is 3.32. The topological polar surface area (TPSA) is 81.4 Å². The maximum absolute atomic E-state index is 13.8. The zero-order valence-electron chi connectivity index (χ0n) is 11.1. The SMILES string of the molecule is COc1ccc(S(=O)(=O)Nc2onc(C)c2C)c(F)c1. The summed E-state index contributed by atoms with van der Waals surface area (Å²) in [5.74, 6) is -0.711. The molecule has 0 aliphatic heterocycles. The van der Waals surface area contributed by atoms with Gasteiger partial charge >= 0.3 is 0 Å². The number of ether oxygens (including phenoxy) is 1. The number of rotatable bonds is 4. The second-order valence-corrected chi connectivity index (χ2v) is 5.77. The van der Waals surface area contributed by atoms with Crippen LogP contribution in [0.4, 0.5) is 10.3 Å². The van der Waals surface area contributed by atoms with Gasteiger partial charge in [-0.1, -0.05) is 5.16 Å². The standard InChI is InChI=1S/C12H13FN2O4S/c1-7-8(2)14-19-12(7)15-20(16,17)11-5-4-9(18-3)6-10(11)13/h4-6,15H,1-3H3. The number of benzene rings is 1. The lowest BCUT2D eigenvalue weighted by Crippen LogP contribution is -2.14. The van der Waals surface area contributed by atoms with Crippen molar-refractivity contribution in [2.75, 3.05) is 11.8 Å². The lowest BCUT2D eigenvalue weighted by atomic mass is 10.3. The summed E-state index contributed by atoms with van der Waals surface area (Å²) in [7, 11) is -2.73. The van der Waals surface area contributed by atoms with Crippen LogP contribution in [0.25, 0.3) is 0 Å². The summed E-state index contributed by atoms with van der Waals surface area (Å²) in [5, 5.41) is 3.63. The molecule has 0 aliphatic rings. The van der Waals surface area contributed by atoms with Crippen molar-refractivity contribution in [3.63, 3.8) is 0 Å². The zero-order valence-corrected chi connectivity index (χ0v) is 11.9. The van der Waals surface area contributed by atoms with Gasteiger partial charge in [0.15, 0.2) is 0 Å². The number of hydrogen-bond donors (Lipinski definition) is 1. The van der Waals surface area contributed by atoms with Crippen LogP contribution in [0.3, 0.4) is 0 Å². The molecule has 0 amide bonds. The monoisotopic (exact) mass is 300 g/mol. The third-order valence-electron chi connectivity index (χ3n) is 2.81. The van der Waals surface area contributed by atoms with Crippen molar-refractivity contribution in [1.29, 1.82) is 0 Å². The second-order valence-electron chi connectivity index (χ2n) is 4.12. The fraction of sp³-hybridized carbons (Fsp3) is 0.250. The average molecular weight is 300 g/mol. The fourth-order valence-corrected chi connectivity index (χ4v) is 2.62. The molecule has 1 N–H and O–H groups in total. The van der Waals surface area contributed by atoms with E-state index in [9.17, 15) is 12.8 Å².